The predicted molar refractivity (Wildman–Crippen MR) is 113 cm³/mol. The van der Waals surface area contributed by atoms with E-state index in [1.807, 2.05) is 4.90 Å². The van der Waals surface area contributed by atoms with Crippen LogP contribution in [0.3, 0.4) is 0 Å². The molecular formula is C21H27N7O2. The first-order valence-corrected chi connectivity index (χ1v) is 10.8. The minimum Gasteiger partial charge on any atom is -0.356 e. The fourth-order valence-electron chi connectivity index (χ4n) is 4.22. The zero-order valence-electron chi connectivity index (χ0n) is 17.1. The molecule has 0 unspecified atom stereocenters. The Morgan fingerprint density at radius 3 is 2.20 bits per heavy atom. The normalized spacial score (nSPS) is 19.4. The van der Waals surface area contributed by atoms with Crippen molar-refractivity contribution in [1.82, 2.24) is 24.4 Å². The lowest BCUT2D eigenvalue weighted by atomic mass is 10.3. The number of nitrogens with zero attached hydrogens (tertiary/aromatic N) is 7. The van der Waals surface area contributed by atoms with E-state index in [9.17, 15) is 9.59 Å². The maximum atomic E-state index is 12.7. The minimum atomic E-state index is -0.144. The van der Waals surface area contributed by atoms with Crippen LogP contribution in [0.4, 0.5) is 11.6 Å². The maximum absolute atomic E-state index is 12.7. The Morgan fingerprint density at radius 1 is 0.900 bits per heavy atom. The van der Waals surface area contributed by atoms with Gasteiger partial charge in [-0.3, -0.25) is 14.2 Å². The molecule has 0 bridgehead atoms. The van der Waals surface area contributed by atoms with Crippen molar-refractivity contribution < 1.29 is 4.79 Å². The summed E-state index contributed by atoms with van der Waals surface area (Å²) in [5.74, 6) is 2.29. The molecule has 9 heteroatoms. The van der Waals surface area contributed by atoms with E-state index in [0.717, 1.165) is 56.4 Å². The third-order valence-corrected chi connectivity index (χ3v) is 6.23. The highest BCUT2D eigenvalue weighted by Gasteiger charge is 2.26. The summed E-state index contributed by atoms with van der Waals surface area (Å²) >= 11 is 0. The van der Waals surface area contributed by atoms with E-state index in [4.69, 9.17) is 0 Å². The summed E-state index contributed by atoms with van der Waals surface area (Å²) in [6.45, 7) is 4.81. The van der Waals surface area contributed by atoms with Crippen LogP contribution in [0.25, 0.3) is 0 Å². The van der Waals surface area contributed by atoms with Crippen molar-refractivity contribution in [2.75, 3.05) is 49.1 Å². The lowest BCUT2D eigenvalue weighted by molar-refractivity contribution is -0.132. The second-order valence-electron chi connectivity index (χ2n) is 8.35. The number of hydrogen-bond donors (Lipinski definition) is 0. The minimum absolute atomic E-state index is 0.0434. The molecule has 158 valence electrons. The first-order valence-electron chi connectivity index (χ1n) is 10.8. The van der Waals surface area contributed by atoms with Crippen LogP contribution in [-0.4, -0.2) is 69.6 Å². The van der Waals surface area contributed by atoms with Crippen LogP contribution in [0.2, 0.25) is 0 Å². The molecule has 30 heavy (non-hydrogen) atoms. The van der Waals surface area contributed by atoms with Gasteiger partial charge >= 0.3 is 0 Å². The molecule has 0 atom stereocenters. The van der Waals surface area contributed by atoms with Gasteiger partial charge in [-0.25, -0.2) is 15.0 Å². The lowest BCUT2D eigenvalue weighted by Crippen LogP contribution is -2.50. The second-order valence-corrected chi connectivity index (χ2v) is 8.35. The third kappa shape index (κ3) is 4.01. The molecule has 4 heterocycles. The summed E-state index contributed by atoms with van der Waals surface area (Å²) in [6.07, 6.45) is 7.78. The van der Waals surface area contributed by atoms with Gasteiger partial charge in [0.2, 0.25) is 5.91 Å². The lowest BCUT2D eigenvalue weighted by Gasteiger charge is -2.35. The van der Waals surface area contributed by atoms with E-state index in [1.54, 1.807) is 12.4 Å². The standard InChI is InChI=1S/C21H27N7O2/c29-20-11-17(16-3-4-16)24-15-28(20)13-21(30)27-9-7-26(8-10-27)19-12-18(22-14-23-19)25-5-1-2-6-25/h11-12,14-16H,1-10,13H2. The molecule has 3 fully saturated rings. The van der Waals surface area contributed by atoms with E-state index in [2.05, 4.69) is 30.8 Å². The molecule has 5 rings (SSSR count). The van der Waals surface area contributed by atoms with Gasteiger partial charge in [-0.1, -0.05) is 0 Å². The highest BCUT2D eigenvalue weighted by atomic mass is 16.2. The van der Waals surface area contributed by atoms with Gasteiger partial charge in [-0.2, -0.15) is 0 Å². The fourth-order valence-corrected chi connectivity index (χ4v) is 4.22. The van der Waals surface area contributed by atoms with Crippen LogP contribution in [0.5, 0.6) is 0 Å². The molecule has 2 saturated heterocycles. The molecule has 2 aromatic rings. The van der Waals surface area contributed by atoms with E-state index in [1.165, 1.54) is 23.7 Å². The van der Waals surface area contributed by atoms with Crippen molar-refractivity contribution >= 4 is 17.5 Å². The van der Waals surface area contributed by atoms with Gasteiger partial charge in [-0.05, 0) is 25.7 Å². The van der Waals surface area contributed by atoms with Crippen molar-refractivity contribution in [3.8, 4) is 0 Å². The van der Waals surface area contributed by atoms with Gasteiger partial charge in [-0.15, -0.1) is 0 Å². The van der Waals surface area contributed by atoms with Gasteiger partial charge < -0.3 is 14.7 Å². The Morgan fingerprint density at radius 2 is 1.57 bits per heavy atom. The van der Waals surface area contributed by atoms with Gasteiger partial charge in [0.25, 0.3) is 5.56 Å². The number of amides is 1. The first kappa shape index (κ1) is 19.0. The zero-order valence-corrected chi connectivity index (χ0v) is 17.1. The molecule has 0 aromatic carbocycles. The van der Waals surface area contributed by atoms with E-state index in [-0.39, 0.29) is 18.0 Å². The molecule has 9 nitrogen and oxygen atoms in total. The largest absolute Gasteiger partial charge is 0.356 e. The first-order chi connectivity index (χ1) is 14.7. The maximum Gasteiger partial charge on any atom is 0.254 e. The number of carbonyl (C=O) groups is 1. The molecule has 1 saturated carbocycles. The number of aromatic nitrogens is 4. The van der Waals surface area contributed by atoms with Crippen molar-refractivity contribution in [1.29, 1.82) is 0 Å². The number of piperazine rings is 1. The molecule has 3 aliphatic rings. The van der Waals surface area contributed by atoms with Crippen LogP contribution < -0.4 is 15.4 Å². The highest BCUT2D eigenvalue weighted by Crippen LogP contribution is 2.38. The summed E-state index contributed by atoms with van der Waals surface area (Å²) in [4.78, 5) is 44.5. The van der Waals surface area contributed by atoms with Crippen LogP contribution in [-0.2, 0) is 11.3 Å². The number of hydrogen-bond acceptors (Lipinski definition) is 7. The second kappa shape index (κ2) is 8.04. The van der Waals surface area contributed by atoms with E-state index >= 15 is 0 Å². The monoisotopic (exact) mass is 409 g/mol. The van der Waals surface area contributed by atoms with Gasteiger partial charge in [0.1, 0.15) is 24.5 Å². The Bertz CT molecular complexity index is 973. The van der Waals surface area contributed by atoms with Crippen molar-refractivity contribution in [2.45, 2.75) is 38.1 Å². The molecule has 1 aliphatic carbocycles. The number of carbonyl (C=O) groups excluding carboxylic acids is 1. The van der Waals surface area contributed by atoms with Crippen LogP contribution in [0.15, 0.2) is 29.6 Å². The van der Waals surface area contributed by atoms with E-state index in [0.29, 0.717) is 19.0 Å². The molecule has 2 aromatic heterocycles. The summed E-state index contributed by atoms with van der Waals surface area (Å²) in [7, 11) is 0. The molecule has 1 amide bonds. The summed E-state index contributed by atoms with van der Waals surface area (Å²) < 4.78 is 1.41. The molecule has 2 aliphatic heterocycles. The van der Waals surface area contributed by atoms with Crippen LogP contribution in [0.1, 0.15) is 37.3 Å². The topological polar surface area (TPSA) is 87.5 Å². The average molecular weight is 409 g/mol. The average Bonchev–Trinajstić information content (AvgIpc) is 3.49. The Kier molecular flexibility index (Phi) is 5.10. The molecule has 0 radical (unpaired) electrons. The van der Waals surface area contributed by atoms with Crippen molar-refractivity contribution in [2.24, 2.45) is 0 Å². The molecule has 0 N–H and O–H groups in total. The van der Waals surface area contributed by atoms with Crippen LogP contribution in [0, 0.1) is 0 Å². The SMILES string of the molecule is O=C(Cn1cnc(C2CC2)cc1=O)N1CCN(c2cc(N3CCCC3)ncn2)CC1. The van der Waals surface area contributed by atoms with Crippen molar-refractivity contribution in [3.63, 3.8) is 0 Å². The van der Waals surface area contributed by atoms with Gasteiger partial charge in [0, 0.05) is 57.3 Å². The van der Waals surface area contributed by atoms with Gasteiger partial charge in [0.05, 0.1) is 12.0 Å². The number of rotatable bonds is 5. The van der Waals surface area contributed by atoms with Gasteiger partial charge in [0.15, 0.2) is 0 Å². The quantitative estimate of drug-likeness (QED) is 0.724. The van der Waals surface area contributed by atoms with Crippen LogP contribution >= 0.6 is 0 Å². The number of anilines is 2. The summed E-state index contributed by atoms with van der Waals surface area (Å²) in [5.41, 5.74) is 0.713. The predicted octanol–water partition coefficient (Wildman–Crippen LogP) is 0.860. The molecule has 0 spiro atoms. The third-order valence-electron chi connectivity index (χ3n) is 6.23. The molecular weight excluding hydrogens is 382 g/mol. The Balaban J connectivity index is 1.18. The Labute approximate surface area is 175 Å². The summed E-state index contributed by atoms with van der Waals surface area (Å²) in [6, 6.07) is 3.63. The zero-order chi connectivity index (χ0) is 20.5. The van der Waals surface area contributed by atoms with Crippen molar-refractivity contribution in [3.05, 3.63) is 40.8 Å². The fraction of sp³-hybridized carbons (Fsp3) is 0.571. The highest BCUT2D eigenvalue weighted by molar-refractivity contribution is 5.76. The van der Waals surface area contributed by atoms with E-state index < -0.39 is 0 Å². The Hall–Kier alpha value is -2.97. The smallest absolute Gasteiger partial charge is 0.254 e. The summed E-state index contributed by atoms with van der Waals surface area (Å²) in [5, 5.41) is 0.